The molecule has 0 bridgehead atoms. The summed E-state index contributed by atoms with van der Waals surface area (Å²) >= 11 is 1.64. The predicted octanol–water partition coefficient (Wildman–Crippen LogP) is 1.83. The van der Waals surface area contributed by atoms with Gasteiger partial charge in [-0.1, -0.05) is 0 Å². The molecular formula is C11H17NO3S2. The van der Waals surface area contributed by atoms with Gasteiger partial charge in [0, 0.05) is 23.4 Å². The quantitative estimate of drug-likeness (QED) is 0.861. The predicted molar refractivity (Wildman–Crippen MR) is 68.8 cm³/mol. The van der Waals surface area contributed by atoms with Crippen LogP contribution < -0.4 is 4.72 Å². The highest BCUT2D eigenvalue weighted by atomic mass is 32.2. The molecule has 1 atom stereocenters. The SMILES string of the molecule is COC(CNS(=O)(=O)C1CC1)c1ccc(C)s1. The lowest BCUT2D eigenvalue weighted by Crippen LogP contribution is -2.31. The molecule has 1 saturated carbocycles. The normalized spacial score (nSPS) is 18.2. The van der Waals surface area contributed by atoms with Crippen molar-refractivity contribution in [1.29, 1.82) is 0 Å². The third-order valence-corrected chi connectivity index (χ3v) is 5.81. The highest BCUT2D eigenvalue weighted by Crippen LogP contribution is 2.29. The molecule has 0 spiro atoms. The Morgan fingerprint density at radius 1 is 1.53 bits per heavy atom. The maximum absolute atomic E-state index is 11.7. The first-order valence-electron chi connectivity index (χ1n) is 5.60. The average molecular weight is 275 g/mol. The average Bonchev–Trinajstić information content (AvgIpc) is 3.05. The lowest BCUT2D eigenvalue weighted by atomic mass is 10.3. The molecule has 2 rings (SSSR count). The molecule has 0 radical (unpaired) electrons. The number of thiophene rings is 1. The van der Waals surface area contributed by atoms with Crippen LogP contribution in [0.3, 0.4) is 0 Å². The van der Waals surface area contributed by atoms with Crippen LogP contribution in [0.25, 0.3) is 0 Å². The van der Waals surface area contributed by atoms with Crippen LogP contribution in [0.1, 0.15) is 28.7 Å². The van der Waals surface area contributed by atoms with Crippen molar-refractivity contribution in [2.24, 2.45) is 0 Å². The van der Waals surface area contributed by atoms with E-state index in [1.807, 2.05) is 19.1 Å². The Labute approximate surface area is 106 Å². The fourth-order valence-electron chi connectivity index (χ4n) is 1.61. The van der Waals surface area contributed by atoms with Crippen LogP contribution >= 0.6 is 11.3 Å². The van der Waals surface area contributed by atoms with Gasteiger partial charge in [0.2, 0.25) is 10.0 Å². The Kier molecular flexibility index (Phi) is 3.87. The molecule has 6 heteroatoms. The topological polar surface area (TPSA) is 55.4 Å². The fourth-order valence-corrected chi connectivity index (χ4v) is 3.95. The first kappa shape index (κ1) is 13.0. The van der Waals surface area contributed by atoms with E-state index < -0.39 is 10.0 Å². The van der Waals surface area contributed by atoms with Crippen LogP contribution in [0.2, 0.25) is 0 Å². The molecule has 0 aromatic carbocycles. The summed E-state index contributed by atoms with van der Waals surface area (Å²) in [7, 11) is -1.52. The van der Waals surface area contributed by atoms with E-state index in [0.29, 0.717) is 6.54 Å². The van der Waals surface area contributed by atoms with E-state index in [2.05, 4.69) is 4.72 Å². The van der Waals surface area contributed by atoms with Crippen molar-refractivity contribution in [1.82, 2.24) is 4.72 Å². The van der Waals surface area contributed by atoms with E-state index >= 15 is 0 Å². The van der Waals surface area contributed by atoms with E-state index in [0.717, 1.165) is 17.7 Å². The zero-order valence-corrected chi connectivity index (χ0v) is 11.6. The molecule has 1 aliphatic rings. The molecule has 1 N–H and O–H groups in total. The number of nitrogens with one attached hydrogen (secondary N) is 1. The van der Waals surface area contributed by atoms with Crippen molar-refractivity contribution in [3.63, 3.8) is 0 Å². The van der Waals surface area contributed by atoms with Crippen LogP contribution in [-0.4, -0.2) is 27.3 Å². The van der Waals surface area contributed by atoms with Gasteiger partial charge in [0.05, 0.1) is 5.25 Å². The van der Waals surface area contributed by atoms with E-state index in [4.69, 9.17) is 4.74 Å². The van der Waals surface area contributed by atoms with Crippen molar-refractivity contribution >= 4 is 21.4 Å². The number of hydrogen-bond donors (Lipinski definition) is 1. The number of rotatable bonds is 6. The molecule has 0 saturated heterocycles. The Bertz CT molecular complexity index is 477. The van der Waals surface area contributed by atoms with Gasteiger partial charge in [0.15, 0.2) is 0 Å². The molecule has 1 aliphatic carbocycles. The van der Waals surface area contributed by atoms with Gasteiger partial charge in [0.25, 0.3) is 0 Å². The van der Waals surface area contributed by atoms with Gasteiger partial charge in [-0.2, -0.15) is 0 Å². The Morgan fingerprint density at radius 2 is 2.24 bits per heavy atom. The van der Waals surface area contributed by atoms with Crippen LogP contribution in [-0.2, 0) is 14.8 Å². The molecule has 96 valence electrons. The Balaban J connectivity index is 1.96. The summed E-state index contributed by atoms with van der Waals surface area (Å²) in [6.07, 6.45) is 1.37. The zero-order valence-electron chi connectivity index (χ0n) is 9.97. The van der Waals surface area contributed by atoms with Gasteiger partial charge in [-0.05, 0) is 31.9 Å². The molecular weight excluding hydrogens is 258 g/mol. The van der Waals surface area contributed by atoms with E-state index in [1.54, 1.807) is 18.4 Å². The summed E-state index contributed by atoms with van der Waals surface area (Å²) in [6.45, 7) is 2.34. The molecule has 1 heterocycles. The minimum atomic E-state index is -3.12. The minimum absolute atomic E-state index is 0.176. The van der Waals surface area contributed by atoms with Crippen LogP contribution in [0.15, 0.2) is 12.1 Å². The van der Waals surface area contributed by atoms with E-state index in [1.165, 1.54) is 4.88 Å². The molecule has 0 aliphatic heterocycles. The van der Waals surface area contributed by atoms with Gasteiger partial charge in [-0.25, -0.2) is 13.1 Å². The van der Waals surface area contributed by atoms with E-state index in [-0.39, 0.29) is 11.4 Å². The standard InChI is InChI=1S/C11H17NO3S2/c1-8-3-6-11(16-8)10(15-2)7-12-17(13,14)9-4-5-9/h3,6,9-10,12H,4-5,7H2,1-2H3. The fraction of sp³-hybridized carbons (Fsp3) is 0.636. The summed E-state index contributed by atoms with van der Waals surface area (Å²) in [5.41, 5.74) is 0. The van der Waals surface area contributed by atoms with Crippen molar-refractivity contribution in [3.05, 3.63) is 21.9 Å². The van der Waals surface area contributed by atoms with Gasteiger partial charge < -0.3 is 4.74 Å². The number of ether oxygens (including phenoxy) is 1. The summed E-state index contributed by atoms with van der Waals surface area (Å²) in [5.74, 6) is 0. The third-order valence-electron chi connectivity index (χ3n) is 2.80. The van der Waals surface area contributed by atoms with Crippen molar-refractivity contribution in [3.8, 4) is 0 Å². The summed E-state index contributed by atoms with van der Waals surface area (Å²) in [4.78, 5) is 2.26. The van der Waals surface area contributed by atoms with Gasteiger partial charge in [-0.15, -0.1) is 11.3 Å². The highest BCUT2D eigenvalue weighted by Gasteiger charge is 2.35. The third kappa shape index (κ3) is 3.28. The Hall–Kier alpha value is -0.430. The molecule has 1 aromatic heterocycles. The smallest absolute Gasteiger partial charge is 0.214 e. The molecule has 1 aromatic rings. The first-order valence-corrected chi connectivity index (χ1v) is 7.97. The van der Waals surface area contributed by atoms with Crippen LogP contribution in [0.4, 0.5) is 0 Å². The maximum atomic E-state index is 11.7. The summed E-state index contributed by atoms with van der Waals surface area (Å²) < 4.78 is 31.3. The lowest BCUT2D eigenvalue weighted by molar-refractivity contribution is 0.110. The zero-order chi connectivity index (χ0) is 12.5. The molecule has 1 unspecified atom stereocenters. The first-order chi connectivity index (χ1) is 8.03. The van der Waals surface area contributed by atoms with Gasteiger partial charge >= 0.3 is 0 Å². The van der Waals surface area contributed by atoms with Crippen LogP contribution in [0.5, 0.6) is 0 Å². The Morgan fingerprint density at radius 3 is 2.71 bits per heavy atom. The molecule has 4 nitrogen and oxygen atoms in total. The number of aryl methyl sites for hydroxylation is 1. The number of sulfonamides is 1. The number of hydrogen-bond acceptors (Lipinski definition) is 4. The van der Waals surface area contributed by atoms with Crippen molar-refractivity contribution in [2.75, 3.05) is 13.7 Å². The van der Waals surface area contributed by atoms with E-state index in [9.17, 15) is 8.42 Å². The van der Waals surface area contributed by atoms with Gasteiger partial charge in [0.1, 0.15) is 6.10 Å². The highest BCUT2D eigenvalue weighted by molar-refractivity contribution is 7.90. The molecule has 17 heavy (non-hydrogen) atoms. The lowest BCUT2D eigenvalue weighted by Gasteiger charge is -2.14. The second-order valence-electron chi connectivity index (χ2n) is 4.27. The molecule has 0 amide bonds. The minimum Gasteiger partial charge on any atom is -0.375 e. The van der Waals surface area contributed by atoms with Gasteiger partial charge in [-0.3, -0.25) is 0 Å². The maximum Gasteiger partial charge on any atom is 0.214 e. The second kappa shape index (κ2) is 5.06. The summed E-state index contributed by atoms with van der Waals surface area (Å²) in [5, 5.41) is -0.176. The number of methoxy groups -OCH3 is 1. The second-order valence-corrected chi connectivity index (χ2v) is 7.63. The van der Waals surface area contributed by atoms with Crippen molar-refractivity contribution < 1.29 is 13.2 Å². The largest absolute Gasteiger partial charge is 0.375 e. The monoisotopic (exact) mass is 275 g/mol. The van der Waals surface area contributed by atoms with Crippen molar-refractivity contribution in [2.45, 2.75) is 31.1 Å². The van der Waals surface area contributed by atoms with Crippen LogP contribution in [0, 0.1) is 6.92 Å². The molecule has 1 fully saturated rings. The summed E-state index contributed by atoms with van der Waals surface area (Å²) in [6, 6.07) is 4.00.